The van der Waals surface area contributed by atoms with E-state index in [1.807, 2.05) is 0 Å². The molecule has 6 nitrogen and oxygen atoms in total. The van der Waals surface area contributed by atoms with Crippen LogP contribution in [0, 0.1) is 0 Å². The van der Waals surface area contributed by atoms with Crippen molar-refractivity contribution in [1.82, 2.24) is 0 Å². The fraction of sp³-hybridized carbons (Fsp3) is 0.400. The van der Waals surface area contributed by atoms with Crippen molar-refractivity contribution in [2.75, 3.05) is 34.4 Å². The Labute approximate surface area is 124 Å². The Morgan fingerprint density at radius 3 is 2.43 bits per heavy atom. The highest BCUT2D eigenvalue weighted by molar-refractivity contribution is 6.16. The van der Waals surface area contributed by atoms with Crippen LogP contribution in [0.3, 0.4) is 0 Å². The van der Waals surface area contributed by atoms with Crippen molar-refractivity contribution in [1.29, 1.82) is 0 Å². The average Bonchev–Trinajstić information content (AvgIpc) is 2.50. The molecule has 0 aromatic heterocycles. The Morgan fingerprint density at radius 1 is 1.14 bits per heavy atom. The van der Waals surface area contributed by atoms with E-state index in [0.29, 0.717) is 17.1 Å². The van der Waals surface area contributed by atoms with Crippen LogP contribution < -0.4 is 9.47 Å². The van der Waals surface area contributed by atoms with Gasteiger partial charge in [-0.1, -0.05) is 6.58 Å². The highest BCUT2D eigenvalue weighted by Crippen LogP contribution is 2.30. The van der Waals surface area contributed by atoms with Gasteiger partial charge >= 0.3 is 5.97 Å². The Kier molecular flexibility index (Phi) is 7.28. The third kappa shape index (κ3) is 5.09. The number of hydrogen-bond acceptors (Lipinski definition) is 6. The molecule has 116 valence electrons. The zero-order valence-corrected chi connectivity index (χ0v) is 12.5. The van der Waals surface area contributed by atoms with Crippen LogP contribution in [-0.2, 0) is 19.0 Å². The van der Waals surface area contributed by atoms with Crippen LogP contribution in [-0.4, -0.2) is 40.4 Å². The molecule has 6 heteroatoms. The van der Waals surface area contributed by atoms with E-state index in [9.17, 15) is 4.79 Å². The van der Waals surface area contributed by atoms with Gasteiger partial charge in [0.25, 0.3) is 0 Å². The fourth-order valence-corrected chi connectivity index (χ4v) is 1.54. The van der Waals surface area contributed by atoms with Crippen molar-refractivity contribution in [3.8, 4) is 11.5 Å². The van der Waals surface area contributed by atoms with E-state index < -0.39 is 5.97 Å². The number of benzene rings is 1. The lowest BCUT2D eigenvalue weighted by Gasteiger charge is -2.14. The molecule has 0 atom stereocenters. The molecule has 0 N–H and O–H groups in total. The van der Waals surface area contributed by atoms with Crippen molar-refractivity contribution in [3.05, 3.63) is 30.3 Å². The van der Waals surface area contributed by atoms with Crippen LogP contribution >= 0.6 is 0 Å². The summed E-state index contributed by atoms with van der Waals surface area (Å²) in [4.78, 5) is 11.8. The summed E-state index contributed by atoms with van der Waals surface area (Å²) >= 11 is 0. The normalized spacial score (nSPS) is 10.0. The molecule has 0 fully saturated rings. The summed E-state index contributed by atoms with van der Waals surface area (Å²) in [5, 5.41) is 0. The maximum absolute atomic E-state index is 11.8. The van der Waals surface area contributed by atoms with E-state index >= 15 is 0 Å². The molecule has 0 spiro atoms. The molecule has 0 saturated heterocycles. The summed E-state index contributed by atoms with van der Waals surface area (Å²) in [5.74, 6) is 0.470. The number of esters is 1. The molecule has 1 rings (SSSR count). The summed E-state index contributed by atoms with van der Waals surface area (Å²) in [5.41, 5.74) is 0.733. The number of methoxy groups -OCH3 is 2. The van der Waals surface area contributed by atoms with Gasteiger partial charge in [-0.25, -0.2) is 4.79 Å². The van der Waals surface area contributed by atoms with Gasteiger partial charge in [0.05, 0.1) is 12.2 Å². The van der Waals surface area contributed by atoms with Crippen molar-refractivity contribution in [2.45, 2.75) is 6.92 Å². The molecule has 1 aromatic carbocycles. The van der Waals surface area contributed by atoms with Crippen LogP contribution in [0.5, 0.6) is 11.5 Å². The monoisotopic (exact) mass is 296 g/mol. The minimum absolute atomic E-state index is 0.0385. The highest BCUT2D eigenvalue weighted by Gasteiger charge is 2.16. The summed E-state index contributed by atoms with van der Waals surface area (Å²) in [6.45, 7) is 5.90. The SMILES string of the molecule is C=C(C(=O)OCC)c1ccc(OCOC)cc1OCOC. The van der Waals surface area contributed by atoms with E-state index in [-0.39, 0.29) is 25.8 Å². The summed E-state index contributed by atoms with van der Waals surface area (Å²) in [6, 6.07) is 5.01. The van der Waals surface area contributed by atoms with Crippen LogP contribution in [0.2, 0.25) is 0 Å². The van der Waals surface area contributed by atoms with Crippen LogP contribution in [0.25, 0.3) is 5.57 Å². The van der Waals surface area contributed by atoms with Crippen molar-refractivity contribution < 1.29 is 28.5 Å². The first-order valence-electron chi connectivity index (χ1n) is 6.38. The number of ether oxygens (including phenoxy) is 5. The lowest BCUT2D eigenvalue weighted by atomic mass is 10.1. The van der Waals surface area contributed by atoms with Crippen molar-refractivity contribution in [2.24, 2.45) is 0 Å². The van der Waals surface area contributed by atoms with Gasteiger partial charge < -0.3 is 23.7 Å². The number of carbonyl (C=O) groups excluding carboxylic acids is 1. The molecule has 0 unspecified atom stereocenters. The zero-order valence-electron chi connectivity index (χ0n) is 12.5. The summed E-state index contributed by atoms with van der Waals surface area (Å²) in [6.07, 6.45) is 0. The second-order valence-corrected chi connectivity index (χ2v) is 3.96. The Balaban J connectivity index is 3.00. The molecular weight excluding hydrogens is 276 g/mol. The molecule has 0 aliphatic heterocycles. The minimum Gasteiger partial charge on any atom is -0.467 e. The zero-order chi connectivity index (χ0) is 15.7. The lowest BCUT2D eigenvalue weighted by molar-refractivity contribution is -0.136. The van der Waals surface area contributed by atoms with Gasteiger partial charge in [-0.15, -0.1) is 0 Å². The predicted octanol–water partition coefficient (Wildman–Crippen LogP) is 2.23. The van der Waals surface area contributed by atoms with Gasteiger partial charge in [0.2, 0.25) is 0 Å². The van der Waals surface area contributed by atoms with Crippen LogP contribution in [0.15, 0.2) is 24.8 Å². The predicted molar refractivity (Wildman–Crippen MR) is 77.1 cm³/mol. The number of hydrogen-bond donors (Lipinski definition) is 0. The smallest absolute Gasteiger partial charge is 0.338 e. The summed E-state index contributed by atoms with van der Waals surface area (Å²) < 4.78 is 25.4. The average molecular weight is 296 g/mol. The molecule has 0 saturated carbocycles. The molecule has 0 amide bonds. The molecule has 21 heavy (non-hydrogen) atoms. The number of carbonyl (C=O) groups is 1. The Bertz CT molecular complexity index is 483. The Morgan fingerprint density at radius 2 is 1.81 bits per heavy atom. The van der Waals surface area contributed by atoms with Gasteiger partial charge in [-0.2, -0.15) is 0 Å². The lowest BCUT2D eigenvalue weighted by Crippen LogP contribution is -2.09. The molecule has 0 aliphatic rings. The molecule has 0 heterocycles. The first-order chi connectivity index (χ1) is 10.1. The molecule has 0 radical (unpaired) electrons. The van der Waals surface area contributed by atoms with E-state index in [1.54, 1.807) is 25.1 Å². The van der Waals surface area contributed by atoms with Crippen LogP contribution in [0.4, 0.5) is 0 Å². The van der Waals surface area contributed by atoms with Gasteiger partial charge in [0.15, 0.2) is 13.6 Å². The maximum atomic E-state index is 11.8. The quantitative estimate of drug-likeness (QED) is 0.395. The second-order valence-electron chi connectivity index (χ2n) is 3.96. The molecular formula is C15H20O6. The maximum Gasteiger partial charge on any atom is 0.338 e. The first-order valence-corrected chi connectivity index (χ1v) is 6.38. The second kappa shape index (κ2) is 8.99. The summed E-state index contributed by atoms with van der Waals surface area (Å²) in [7, 11) is 3.03. The third-order valence-electron chi connectivity index (χ3n) is 2.48. The topological polar surface area (TPSA) is 63.2 Å². The van der Waals surface area contributed by atoms with E-state index in [1.165, 1.54) is 14.2 Å². The molecule has 0 bridgehead atoms. The molecule has 0 aliphatic carbocycles. The van der Waals surface area contributed by atoms with Gasteiger partial charge in [0.1, 0.15) is 11.5 Å². The van der Waals surface area contributed by atoms with Crippen molar-refractivity contribution >= 4 is 11.5 Å². The Hall–Kier alpha value is -2.05. The van der Waals surface area contributed by atoms with E-state index in [0.717, 1.165) is 0 Å². The largest absolute Gasteiger partial charge is 0.467 e. The molecule has 1 aromatic rings. The number of rotatable bonds is 9. The highest BCUT2D eigenvalue weighted by atomic mass is 16.7. The van der Waals surface area contributed by atoms with E-state index in [4.69, 9.17) is 23.7 Å². The standard InChI is InChI=1S/C15H20O6/c1-5-19-15(16)11(2)13-7-6-12(20-9-17-3)8-14(13)21-10-18-4/h6-8H,2,5,9-10H2,1,3-4H3. The minimum atomic E-state index is -0.495. The van der Waals surface area contributed by atoms with E-state index in [2.05, 4.69) is 6.58 Å². The first kappa shape index (κ1) is 17.0. The van der Waals surface area contributed by atoms with Crippen molar-refractivity contribution in [3.63, 3.8) is 0 Å². The third-order valence-corrected chi connectivity index (χ3v) is 2.48. The van der Waals surface area contributed by atoms with Gasteiger partial charge in [0, 0.05) is 25.8 Å². The fourth-order valence-electron chi connectivity index (χ4n) is 1.54. The van der Waals surface area contributed by atoms with Gasteiger partial charge in [-0.3, -0.25) is 0 Å². The van der Waals surface area contributed by atoms with Crippen LogP contribution in [0.1, 0.15) is 12.5 Å². The van der Waals surface area contributed by atoms with Gasteiger partial charge in [-0.05, 0) is 19.1 Å².